The molecule has 5 unspecified atom stereocenters. The van der Waals surface area contributed by atoms with E-state index in [2.05, 4.69) is 22.7 Å². The molecule has 6 nitrogen and oxygen atoms in total. The minimum atomic E-state index is -0.108. The molecule has 2 aliphatic carbocycles. The number of hydrogen-bond acceptors (Lipinski definition) is 3. The van der Waals surface area contributed by atoms with E-state index in [1.807, 2.05) is 16.9 Å². The van der Waals surface area contributed by atoms with Crippen molar-refractivity contribution in [3.8, 4) is 0 Å². The summed E-state index contributed by atoms with van der Waals surface area (Å²) in [5.74, 6) is 1.71. The van der Waals surface area contributed by atoms with Crippen LogP contribution in [0.15, 0.2) is 18.5 Å². The van der Waals surface area contributed by atoms with Gasteiger partial charge < -0.3 is 15.7 Å². The highest BCUT2D eigenvalue weighted by Crippen LogP contribution is 2.48. The van der Waals surface area contributed by atoms with Gasteiger partial charge in [-0.2, -0.15) is 5.10 Å². The number of nitrogens with one attached hydrogen (secondary N) is 2. The summed E-state index contributed by atoms with van der Waals surface area (Å²) in [6, 6.07) is 1.94. The molecule has 22 heavy (non-hydrogen) atoms. The second kappa shape index (κ2) is 6.69. The van der Waals surface area contributed by atoms with Crippen LogP contribution in [0, 0.1) is 23.7 Å². The van der Waals surface area contributed by atoms with Gasteiger partial charge in [0.1, 0.15) is 0 Å². The summed E-state index contributed by atoms with van der Waals surface area (Å²) in [6.45, 7) is 3.69. The van der Waals surface area contributed by atoms with Gasteiger partial charge in [-0.15, -0.1) is 0 Å². The largest absolute Gasteiger partial charge is 0.396 e. The minimum Gasteiger partial charge on any atom is -0.396 e. The van der Waals surface area contributed by atoms with Crippen molar-refractivity contribution in [1.82, 2.24) is 20.4 Å². The summed E-state index contributed by atoms with van der Waals surface area (Å²) in [5.41, 5.74) is 0. The predicted octanol–water partition coefficient (Wildman–Crippen LogP) is 1.23. The van der Waals surface area contributed by atoms with Gasteiger partial charge in [-0.1, -0.05) is 6.92 Å². The van der Waals surface area contributed by atoms with Crippen LogP contribution in [0.25, 0.3) is 0 Å². The third kappa shape index (κ3) is 3.27. The normalized spacial score (nSPS) is 31.2. The lowest BCUT2D eigenvalue weighted by Gasteiger charge is -2.30. The molecule has 1 aromatic rings. The molecule has 2 fully saturated rings. The Morgan fingerprint density at radius 1 is 1.45 bits per heavy atom. The zero-order chi connectivity index (χ0) is 15.5. The Morgan fingerprint density at radius 2 is 2.27 bits per heavy atom. The number of carbonyl (C=O) groups is 1. The first-order valence-corrected chi connectivity index (χ1v) is 8.30. The third-order valence-corrected chi connectivity index (χ3v) is 5.27. The smallest absolute Gasteiger partial charge is 0.315 e. The second-order valence-electron chi connectivity index (χ2n) is 6.89. The van der Waals surface area contributed by atoms with Crippen molar-refractivity contribution in [2.45, 2.75) is 38.8 Å². The van der Waals surface area contributed by atoms with Crippen LogP contribution in [-0.4, -0.2) is 40.1 Å². The van der Waals surface area contributed by atoms with E-state index in [-0.39, 0.29) is 24.6 Å². The number of aliphatic hydroxyl groups is 1. The average molecular weight is 306 g/mol. The first-order valence-electron chi connectivity index (χ1n) is 8.30. The van der Waals surface area contributed by atoms with Gasteiger partial charge in [-0.25, -0.2) is 4.79 Å². The standard InChI is InChI=1S/C16H26N4O2/c1-11(9-20-6-2-5-18-20)8-17-16(22)19-15-13-4-3-12(7-13)14(15)10-21/h2,5-6,11-15,21H,3-4,7-10H2,1H3,(H2,17,19,22). The molecule has 3 N–H and O–H groups in total. The fourth-order valence-electron chi connectivity index (χ4n) is 4.16. The summed E-state index contributed by atoms with van der Waals surface area (Å²) in [7, 11) is 0. The molecule has 0 saturated heterocycles. The second-order valence-corrected chi connectivity index (χ2v) is 6.89. The number of urea groups is 1. The van der Waals surface area contributed by atoms with Crippen molar-refractivity contribution in [1.29, 1.82) is 0 Å². The van der Waals surface area contributed by atoms with E-state index in [4.69, 9.17) is 0 Å². The van der Waals surface area contributed by atoms with Crippen LogP contribution in [0.3, 0.4) is 0 Å². The van der Waals surface area contributed by atoms with Gasteiger partial charge >= 0.3 is 6.03 Å². The topological polar surface area (TPSA) is 79.2 Å². The van der Waals surface area contributed by atoms with Gasteiger partial charge in [0.25, 0.3) is 0 Å². The molecule has 2 bridgehead atoms. The van der Waals surface area contributed by atoms with Gasteiger partial charge in [0.15, 0.2) is 0 Å². The summed E-state index contributed by atoms with van der Waals surface area (Å²) >= 11 is 0. The van der Waals surface area contributed by atoms with E-state index in [1.165, 1.54) is 12.8 Å². The van der Waals surface area contributed by atoms with E-state index in [1.54, 1.807) is 6.20 Å². The maximum absolute atomic E-state index is 12.1. The minimum absolute atomic E-state index is 0.108. The van der Waals surface area contributed by atoms with Crippen LogP contribution < -0.4 is 10.6 Å². The van der Waals surface area contributed by atoms with Crippen molar-refractivity contribution in [3.63, 3.8) is 0 Å². The fraction of sp³-hybridized carbons (Fsp3) is 0.750. The van der Waals surface area contributed by atoms with Gasteiger partial charge in [0.05, 0.1) is 0 Å². The van der Waals surface area contributed by atoms with E-state index in [9.17, 15) is 9.90 Å². The lowest BCUT2D eigenvalue weighted by Crippen LogP contribution is -2.49. The van der Waals surface area contributed by atoms with Gasteiger partial charge in [0, 0.05) is 44.0 Å². The van der Waals surface area contributed by atoms with E-state index >= 15 is 0 Å². The molecule has 2 saturated carbocycles. The Hall–Kier alpha value is -1.56. The molecule has 0 aliphatic heterocycles. The highest BCUT2D eigenvalue weighted by Gasteiger charge is 2.47. The quantitative estimate of drug-likeness (QED) is 0.739. The van der Waals surface area contributed by atoms with Gasteiger partial charge in [0.2, 0.25) is 0 Å². The molecular weight excluding hydrogens is 280 g/mol. The first-order chi connectivity index (χ1) is 10.7. The summed E-state index contributed by atoms with van der Waals surface area (Å²) in [6.07, 6.45) is 7.24. The van der Waals surface area contributed by atoms with E-state index in [0.717, 1.165) is 13.0 Å². The highest BCUT2D eigenvalue weighted by atomic mass is 16.3. The maximum atomic E-state index is 12.1. The van der Waals surface area contributed by atoms with Crippen molar-refractivity contribution in [3.05, 3.63) is 18.5 Å². The summed E-state index contributed by atoms with van der Waals surface area (Å²) in [4.78, 5) is 12.1. The van der Waals surface area contributed by atoms with Crippen LogP contribution in [0.2, 0.25) is 0 Å². The van der Waals surface area contributed by atoms with E-state index in [0.29, 0.717) is 24.3 Å². The summed E-state index contributed by atoms with van der Waals surface area (Å²) < 4.78 is 1.88. The highest BCUT2D eigenvalue weighted by molar-refractivity contribution is 5.74. The zero-order valence-electron chi connectivity index (χ0n) is 13.1. The molecule has 6 heteroatoms. The third-order valence-electron chi connectivity index (χ3n) is 5.27. The Bertz CT molecular complexity index is 490. The van der Waals surface area contributed by atoms with Crippen LogP contribution in [0.1, 0.15) is 26.2 Å². The number of carbonyl (C=O) groups excluding carboxylic acids is 1. The molecule has 2 amide bonds. The molecule has 0 aromatic carbocycles. The Kier molecular flexibility index (Phi) is 4.66. The van der Waals surface area contributed by atoms with Crippen molar-refractivity contribution in [2.24, 2.45) is 23.7 Å². The van der Waals surface area contributed by atoms with Crippen LogP contribution >= 0.6 is 0 Å². The van der Waals surface area contributed by atoms with Crippen molar-refractivity contribution < 1.29 is 9.90 Å². The zero-order valence-corrected chi connectivity index (χ0v) is 13.1. The Labute approximate surface area is 131 Å². The monoisotopic (exact) mass is 306 g/mol. The van der Waals surface area contributed by atoms with Crippen molar-refractivity contribution >= 4 is 6.03 Å². The Morgan fingerprint density at radius 3 is 3.00 bits per heavy atom. The van der Waals surface area contributed by atoms with Crippen LogP contribution in [0.5, 0.6) is 0 Å². The summed E-state index contributed by atoms with van der Waals surface area (Å²) in [5, 5.41) is 19.8. The SMILES string of the molecule is CC(CNC(=O)NC1C2CCC(C2)C1CO)Cn1cccn1. The van der Waals surface area contributed by atoms with Crippen molar-refractivity contribution in [2.75, 3.05) is 13.2 Å². The molecular formula is C16H26N4O2. The Balaban J connectivity index is 1.42. The van der Waals surface area contributed by atoms with Gasteiger partial charge in [-0.05, 0) is 43.1 Å². The molecule has 5 atom stereocenters. The molecule has 0 spiro atoms. The number of hydrogen-bond donors (Lipinski definition) is 3. The number of amides is 2. The first kappa shape index (κ1) is 15.3. The fourth-order valence-corrected chi connectivity index (χ4v) is 4.16. The van der Waals surface area contributed by atoms with Crippen LogP contribution in [0.4, 0.5) is 4.79 Å². The molecule has 1 heterocycles. The number of aliphatic hydroxyl groups excluding tert-OH is 1. The molecule has 1 aromatic heterocycles. The lowest BCUT2D eigenvalue weighted by atomic mass is 9.85. The number of aromatic nitrogens is 2. The van der Waals surface area contributed by atoms with Crippen LogP contribution in [-0.2, 0) is 6.54 Å². The number of nitrogens with zero attached hydrogens (tertiary/aromatic N) is 2. The predicted molar refractivity (Wildman–Crippen MR) is 83.1 cm³/mol. The molecule has 2 aliphatic rings. The average Bonchev–Trinajstić information content (AvgIpc) is 3.22. The number of fused-ring (bicyclic) bond motifs is 2. The van der Waals surface area contributed by atoms with E-state index < -0.39 is 0 Å². The number of rotatable bonds is 6. The van der Waals surface area contributed by atoms with Gasteiger partial charge in [-0.3, -0.25) is 4.68 Å². The lowest BCUT2D eigenvalue weighted by molar-refractivity contribution is 0.144. The molecule has 122 valence electrons. The maximum Gasteiger partial charge on any atom is 0.315 e. The molecule has 3 rings (SSSR count). The molecule has 0 radical (unpaired) electrons.